The van der Waals surface area contributed by atoms with Gasteiger partial charge in [-0.3, -0.25) is 4.79 Å². The Morgan fingerprint density at radius 1 is 1.12 bits per heavy atom. The number of carbonyl (C=O) groups is 1. The summed E-state index contributed by atoms with van der Waals surface area (Å²) in [5.74, 6) is -0.809. The average Bonchev–Trinajstić information content (AvgIpc) is 2.32. The molecule has 86 valence electrons. The van der Waals surface area contributed by atoms with Crippen molar-refractivity contribution in [1.29, 1.82) is 0 Å². The number of benzene rings is 2. The van der Waals surface area contributed by atoms with Gasteiger partial charge in [0.05, 0.1) is 5.56 Å². The summed E-state index contributed by atoms with van der Waals surface area (Å²) in [6, 6.07) is 11.4. The molecule has 0 aliphatic rings. The number of hydrogen-bond donors (Lipinski definition) is 0. The molecule has 4 heteroatoms. The molecular weight excluding hydrogens is 398 g/mol. The molecule has 0 saturated heterocycles. The second-order valence-electron chi connectivity index (χ2n) is 3.43. The zero-order valence-corrected chi connectivity index (χ0v) is 12.3. The number of rotatable bonds is 2. The fourth-order valence-electron chi connectivity index (χ4n) is 1.46. The highest BCUT2D eigenvalue weighted by Crippen LogP contribution is 2.23. The second kappa shape index (κ2) is 5.27. The molecule has 0 amide bonds. The molecule has 0 fully saturated rings. The molecule has 2 aromatic rings. The van der Waals surface area contributed by atoms with Crippen LogP contribution in [0.25, 0.3) is 0 Å². The predicted octanol–water partition coefficient (Wildman–Crippen LogP) is 4.42. The Hall–Kier alpha value is -0.750. The van der Waals surface area contributed by atoms with E-state index in [4.69, 9.17) is 0 Å². The molecule has 0 spiro atoms. The van der Waals surface area contributed by atoms with E-state index in [1.54, 1.807) is 24.3 Å². The Labute approximate surface area is 120 Å². The zero-order chi connectivity index (χ0) is 12.4. The van der Waals surface area contributed by atoms with Gasteiger partial charge in [0.2, 0.25) is 0 Å². The molecule has 0 N–H and O–H groups in total. The summed E-state index contributed by atoms with van der Waals surface area (Å²) in [6.45, 7) is 0. The molecule has 0 aromatic heterocycles. The lowest BCUT2D eigenvalue weighted by Crippen LogP contribution is -2.05. The van der Waals surface area contributed by atoms with Crippen molar-refractivity contribution < 1.29 is 9.18 Å². The van der Waals surface area contributed by atoms with E-state index in [0.717, 1.165) is 3.57 Å². The van der Waals surface area contributed by atoms with E-state index in [2.05, 4.69) is 38.5 Å². The first-order valence-electron chi connectivity index (χ1n) is 4.84. The van der Waals surface area contributed by atoms with E-state index in [0.29, 0.717) is 10.0 Å². The fraction of sp³-hybridized carbons (Fsp3) is 0. The number of carbonyl (C=O) groups excluding carboxylic acids is 1. The predicted molar refractivity (Wildman–Crippen MR) is 76.7 cm³/mol. The molecule has 0 unspecified atom stereocenters. The first-order valence-corrected chi connectivity index (χ1v) is 6.71. The first kappa shape index (κ1) is 12.7. The first-order chi connectivity index (χ1) is 8.09. The maximum Gasteiger partial charge on any atom is 0.197 e. The van der Waals surface area contributed by atoms with Crippen LogP contribution < -0.4 is 0 Å². The summed E-state index contributed by atoms with van der Waals surface area (Å²) in [5, 5.41) is 0. The van der Waals surface area contributed by atoms with Crippen LogP contribution in [0, 0.1) is 9.39 Å². The van der Waals surface area contributed by atoms with E-state index in [9.17, 15) is 9.18 Å². The van der Waals surface area contributed by atoms with Crippen molar-refractivity contribution in [2.24, 2.45) is 0 Å². The Kier molecular flexibility index (Phi) is 3.93. The van der Waals surface area contributed by atoms with Crippen molar-refractivity contribution in [3.63, 3.8) is 0 Å². The van der Waals surface area contributed by atoms with E-state index in [1.807, 2.05) is 6.07 Å². The van der Waals surface area contributed by atoms with Crippen molar-refractivity contribution in [2.45, 2.75) is 0 Å². The highest BCUT2D eigenvalue weighted by Gasteiger charge is 2.16. The minimum absolute atomic E-state index is 0.0928. The molecule has 0 bridgehead atoms. The van der Waals surface area contributed by atoms with Crippen LogP contribution in [0.4, 0.5) is 4.39 Å². The van der Waals surface area contributed by atoms with Crippen LogP contribution in [0.1, 0.15) is 15.9 Å². The van der Waals surface area contributed by atoms with Gasteiger partial charge in [0, 0.05) is 13.6 Å². The summed E-state index contributed by atoms with van der Waals surface area (Å²) in [5.41, 5.74) is 0.567. The standard InChI is InChI=1S/C13H7BrFIO/c14-11-6-5-8(16)7-10(11)13(17)9-3-1-2-4-12(9)15/h1-7H. The summed E-state index contributed by atoms with van der Waals surface area (Å²) in [6.07, 6.45) is 0. The lowest BCUT2D eigenvalue weighted by molar-refractivity contribution is 0.103. The third kappa shape index (κ3) is 2.74. The maximum atomic E-state index is 13.5. The molecule has 0 aliphatic carbocycles. The largest absolute Gasteiger partial charge is 0.288 e. The zero-order valence-electron chi connectivity index (χ0n) is 8.58. The van der Waals surface area contributed by atoms with Crippen molar-refractivity contribution >= 4 is 44.3 Å². The topological polar surface area (TPSA) is 17.1 Å². The Bertz CT molecular complexity index is 583. The van der Waals surface area contributed by atoms with E-state index in [-0.39, 0.29) is 11.3 Å². The lowest BCUT2D eigenvalue weighted by atomic mass is 10.0. The van der Waals surface area contributed by atoms with Gasteiger partial charge in [-0.1, -0.05) is 28.1 Å². The van der Waals surface area contributed by atoms with Gasteiger partial charge in [0.25, 0.3) is 0 Å². The fourth-order valence-corrected chi connectivity index (χ4v) is 2.38. The Morgan fingerprint density at radius 2 is 1.82 bits per heavy atom. The molecule has 0 atom stereocenters. The number of ketones is 1. The normalized spacial score (nSPS) is 10.3. The van der Waals surface area contributed by atoms with Crippen LogP contribution in [0.2, 0.25) is 0 Å². The van der Waals surface area contributed by atoms with Crippen molar-refractivity contribution in [2.75, 3.05) is 0 Å². The molecule has 1 nitrogen and oxygen atoms in total. The summed E-state index contributed by atoms with van der Waals surface area (Å²) in [4.78, 5) is 12.2. The molecule has 2 aromatic carbocycles. The van der Waals surface area contributed by atoms with Crippen molar-refractivity contribution in [1.82, 2.24) is 0 Å². The van der Waals surface area contributed by atoms with E-state index < -0.39 is 5.82 Å². The van der Waals surface area contributed by atoms with Gasteiger partial charge in [0.1, 0.15) is 5.82 Å². The molecule has 0 aliphatic heterocycles. The monoisotopic (exact) mass is 404 g/mol. The molecule has 0 heterocycles. The van der Waals surface area contributed by atoms with Crippen molar-refractivity contribution in [3.05, 3.63) is 67.5 Å². The van der Waals surface area contributed by atoms with Crippen LogP contribution in [-0.4, -0.2) is 5.78 Å². The van der Waals surface area contributed by atoms with E-state index in [1.165, 1.54) is 12.1 Å². The highest BCUT2D eigenvalue weighted by molar-refractivity contribution is 14.1. The Morgan fingerprint density at radius 3 is 2.53 bits per heavy atom. The van der Waals surface area contributed by atoms with Gasteiger partial charge in [-0.05, 0) is 52.9 Å². The summed E-state index contributed by atoms with van der Waals surface area (Å²) in [7, 11) is 0. The molecule has 2 rings (SSSR count). The van der Waals surface area contributed by atoms with Crippen LogP contribution in [0.5, 0.6) is 0 Å². The van der Waals surface area contributed by atoms with Crippen LogP contribution in [0.15, 0.2) is 46.9 Å². The van der Waals surface area contributed by atoms with Crippen LogP contribution in [0.3, 0.4) is 0 Å². The SMILES string of the molecule is O=C(c1ccccc1F)c1cc(I)ccc1Br. The average molecular weight is 405 g/mol. The highest BCUT2D eigenvalue weighted by atomic mass is 127. The lowest BCUT2D eigenvalue weighted by Gasteiger charge is -2.05. The number of halogens is 3. The molecule has 0 saturated carbocycles. The van der Waals surface area contributed by atoms with Gasteiger partial charge in [-0.25, -0.2) is 4.39 Å². The Balaban J connectivity index is 2.51. The van der Waals surface area contributed by atoms with Gasteiger partial charge in [0.15, 0.2) is 5.78 Å². The summed E-state index contributed by atoms with van der Waals surface area (Å²) >= 11 is 5.42. The van der Waals surface area contributed by atoms with E-state index >= 15 is 0 Å². The number of hydrogen-bond acceptors (Lipinski definition) is 1. The van der Waals surface area contributed by atoms with Gasteiger partial charge in [-0.15, -0.1) is 0 Å². The minimum atomic E-state index is -0.497. The molecular formula is C13H7BrFIO. The smallest absolute Gasteiger partial charge is 0.197 e. The van der Waals surface area contributed by atoms with Crippen LogP contribution in [-0.2, 0) is 0 Å². The summed E-state index contributed by atoms with van der Waals surface area (Å²) < 4.78 is 15.1. The maximum absolute atomic E-state index is 13.5. The van der Waals surface area contributed by atoms with Crippen molar-refractivity contribution in [3.8, 4) is 0 Å². The molecule has 0 radical (unpaired) electrons. The third-order valence-corrected chi connectivity index (χ3v) is 3.65. The minimum Gasteiger partial charge on any atom is -0.288 e. The quantitative estimate of drug-likeness (QED) is 0.534. The van der Waals surface area contributed by atoms with Crippen LogP contribution >= 0.6 is 38.5 Å². The third-order valence-electron chi connectivity index (χ3n) is 2.29. The van der Waals surface area contributed by atoms with Gasteiger partial charge in [-0.2, -0.15) is 0 Å². The molecule has 17 heavy (non-hydrogen) atoms. The van der Waals surface area contributed by atoms with Gasteiger partial charge < -0.3 is 0 Å². The van der Waals surface area contributed by atoms with Gasteiger partial charge >= 0.3 is 0 Å². The second-order valence-corrected chi connectivity index (χ2v) is 5.53.